The van der Waals surface area contributed by atoms with Gasteiger partial charge in [0.2, 0.25) is 0 Å². The van der Waals surface area contributed by atoms with Gasteiger partial charge >= 0.3 is 29.6 Å². The van der Waals surface area contributed by atoms with Crippen molar-refractivity contribution in [3.05, 3.63) is 107 Å². The third-order valence-electron chi connectivity index (χ3n) is 7.74. The molecule has 0 bridgehead atoms. The van der Waals surface area contributed by atoms with Gasteiger partial charge in [-0.3, -0.25) is 4.79 Å². The van der Waals surface area contributed by atoms with Gasteiger partial charge in [0.25, 0.3) is 0 Å². The van der Waals surface area contributed by atoms with Crippen molar-refractivity contribution in [3.8, 4) is 0 Å². The minimum atomic E-state index is -1.12. The number of aliphatic carboxylic acids is 1. The summed E-state index contributed by atoms with van der Waals surface area (Å²) in [6.45, 7) is 6.27. The minimum Gasteiger partial charge on any atom is -0.549 e. The standard InChI is InChI=1S/C32H37NO3.Na/c1-32(2,31(35)36)28-17-15-24(16-18-28)29(34)14-9-21-33-22-19-27(20-23-33)30(25-10-5-3-6-11-25)26-12-7-4-8-13-26;/h3-8,10-13,15-18,27,30H,9,14,19-23H2,1-2H3,(H,35,36);/q;+1/p-1. The Kier molecular flexibility index (Phi) is 10.7. The molecule has 1 aliphatic heterocycles. The van der Waals surface area contributed by atoms with Crippen molar-refractivity contribution in [2.75, 3.05) is 19.6 Å². The molecule has 0 aliphatic carbocycles. The monoisotopic (exact) mass is 505 g/mol. The average molecular weight is 506 g/mol. The Morgan fingerprint density at radius 2 is 1.38 bits per heavy atom. The zero-order valence-electron chi connectivity index (χ0n) is 22.4. The quantitative estimate of drug-likeness (QED) is 0.313. The number of benzene rings is 3. The molecule has 5 heteroatoms. The summed E-state index contributed by atoms with van der Waals surface area (Å²) < 4.78 is 0. The molecule has 1 fully saturated rings. The number of carboxylic acid groups (broad SMARTS) is 1. The second kappa shape index (κ2) is 13.5. The van der Waals surface area contributed by atoms with Gasteiger partial charge in [0.05, 0.1) is 5.97 Å². The van der Waals surface area contributed by atoms with Crippen LogP contribution in [0.4, 0.5) is 0 Å². The fraction of sp³-hybridized carbons (Fsp3) is 0.375. The van der Waals surface area contributed by atoms with Gasteiger partial charge < -0.3 is 14.8 Å². The van der Waals surface area contributed by atoms with E-state index in [1.807, 2.05) is 0 Å². The first-order valence-electron chi connectivity index (χ1n) is 13.0. The topological polar surface area (TPSA) is 60.4 Å². The van der Waals surface area contributed by atoms with Crippen LogP contribution in [0.1, 0.15) is 72.5 Å². The predicted molar refractivity (Wildman–Crippen MR) is 142 cm³/mol. The molecule has 0 radical (unpaired) electrons. The van der Waals surface area contributed by atoms with E-state index in [9.17, 15) is 14.7 Å². The number of hydrogen-bond donors (Lipinski definition) is 0. The Balaban J connectivity index is 0.00000380. The maximum Gasteiger partial charge on any atom is 1.00 e. The third kappa shape index (κ3) is 7.42. The van der Waals surface area contributed by atoms with Crippen molar-refractivity contribution in [2.45, 2.75) is 50.9 Å². The van der Waals surface area contributed by atoms with Gasteiger partial charge in [0.1, 0.15) is 0 Å². The molecule has 188 valence electrons. The minimum absolute atomic E-state index is 0. The smallest absolute Gasteiger partial charge is 0.549 e. The van der Waals surface area contributed by atoms with Gasteiger partial charge in [-0.05, 0) is 61.5 Å². The first-order chi connectivity index (χ1) is 17.4. The first-order valence-corrected chi connectivity index (χ1v) is 13.0. The van der Waals surface area contributed by atoms with Crippen LogP contribution < -0.4 is 34.7 Å². The van der Waals surface area contributed by atoms with Crippen LogP contribution in [0.5, 0.6) is 0 Å². The van der Waals surface area contributed by atoms with Crippen LogP contribution in [0.3, 0.4) is 0 Å². The molecule has 37 heavy (non-hydrogen) atoms. The SMILES string of the molecule is CC(C)(C(=O)[O-])c1ccc(C(=O)CCCN2CCC(C(c3ccccc3)c3ccccc3)CC2)cc1.[Na+]. The number of carboxylic acids is 1. The summed E-state index contributed by atoms with van der Waals surface area (Å²) in [7, 11) is 0. The van der Waals surface area contributed by atoms with Crippen LogP contribution in [-0.4, -0.2) is 36.3 Å². The van der Waals surface area contributed by atoms with Gasteiger partial charge in [-0.15, -0.1) is 0 Å². The van der Waals surface area contributed by atoms with Crippen molar-refractivity contribution in [2.24, 2.45) is 5.92 Å². The Morgan fingerprint density at radius 3 is 1.86 bits per heavy atom. The largest absolute Gasteiger partial charge is 1.00 e. The van der Waals surface area contributed by atoms with Crippen LogP contribution >= 0.6 is 0 Å². The molecule has 1 aliphatic rings. The van der Waals surface area contributed by atoms with Crippen LogP contribution in [0, 0.1) is 5.92 Å². The van der Waals surface area contributed by atoms with E-state index in [1.165, 1.54) is 11.1 Å². The van der Waals surface area contributed by atoms with Crippen LogP contribution in [0.2, 0.25) is 0 Å². The summed E-state index contributed by atoms with van der Waals surface area (Å²) >= 11 is 0. The fourth-order valence-corrected chi connectivity index (χ4v) is 5.37. The number of nitrogens with zero attached hydrogens (tertiary/aromatic N) is 1. The van der Waals surface area contributed by atoms with E-state index < -0.39 is 11.4 Å². The summed E-state index contributed by atoms with van der Waals surface area (Å²) in [6, 6.07) is 28.6. The van der Waals surface area contributed by atoms with E-state index in [0.717, 1.165) is 38.9 Å². The van der Waals surface area contributed by atoms with Crippen molar-refractivity contribution in [1.29, 1.82) is 0 Å². The van der Waals surface area contributed by atoms with Gasteiger partial charge in [-0.2, -0.15) is 0 Å². The van der Waals surface area contributed by atoms with Crippen LogP contribution in [0.25, 0.3) is 0 Å². The van der Waals surface area contributed by atoms with Gasteiger partial charge in [-0.1, -0.05) is 98.8 Å². The first kappa shape index (κ1) is 29.3. The molecule has 0 aromatic heterocycles. The molecule has 0 saturated carbocycles. The normalized spacial score (nSPS) is 14.8. The zero-order chi connectivity index (χ0) is 25.5. The Bertz CT molecular complexity index is 1100. The van der Waals surface area contributed by atoms with E-state index in [4.69, 9.17) is 0 Å². The van der Waals surface area contributed by atoms with Crippen molar-refractivity contribution < 1.29 is 44.3 Å². The number of carbonyl (C=O) groups excluding carboxylic acids is 2. The molecule has 0 spiro atoms. The molecule has 4 nitrogen and oxygen atoms in total. The molecule has 3 aromatic rings. The molecular formula is C32H36NNaO3. The number of piperidine rings is 1. The van der Waals surface area contributed by atoms with Crippen molar-refractivity contribution in [3.63, 3.8) is 0 Å². The number of Topliss-reactive ketones (excluding diaryl/α,β-unsaturated/α-hetero) is 1. The molecule has 1 heterocycles. The molecule has 0 atom stereocenters. The van der Waals surface area contributed by atoms with Crippen LogP contribution in [-0.2, 0) is 10.2 Å². The Hall–Kier alpha value is -2.24. The zero-order valence-corrected chi connectivity index (χ0v) is 24.4. The molecule has 0 amide bonds. The van der Waals surface area contributed by atoms with Crippen LogP contribution in [0.15, 0.2) is 84.9 Å². The Labute approximate surface area is 243 Å². The molecule has 0 unspecified atom stereocenters. The molecule has 0 N–H and O–H groups in total. The summed E-state index contributed by atoms with van der Waals surface area (Å²) in [5.74, 6) is 0.0116. The van der Waals surface area contributed by atoms with E-state index in [0.29, 0.717) is 29.4 Å². The summed E-state index contributed by atoms with van der Waals surface area (Å²) in [5.41, 5.74) is 2.99. The molecule has 4 rings (SSSR count). The summed E-state index contributed by atoms with van der Waals surface area (Å²) in [6.07, 6.45) is 3.63. The van der Waals surface area contributed by atoms with Gasteiger partial charge in [0, 0.05) is 23.3 Å². The molecular weight excluding hydrogens is 469 g/mol. The number of carbonyl (C=O) groups is 2. The summed E-state index contributed by atoms with van der Waals surface area (Å²) in [4.78, 5) is 26.5. The number of hydrogen-bond acceptors (Lipinski definition) is 4. The van der Waals surface area contributed by atoms with Gasteiger partial charge in [0.15, 0.2) is 5.78 Å². The van der Waals surface area contributed by atoms with E-state index in [1.54, 1.807) is 38.1 Å². The number of rotatable bonds is 10. The maximum absolute atomic E-state index is 12.7. The Morgan fingerprint density at radius 1 is 0.865 bits per heavy atom. The average Bonchev–Trinajstić information content (AvgIpc) is 2.91. The second-order valence-electron chi connectivity index (χ2n) is 10.5. The van der Waals surface area contributed by atoms with E-state index in [-0.39, 0.29) is 35.3 Å². The van der Waals surface area contributed by atoms with Gasteiger partial charge in [-0.25, -0.2) is 0 Å². The van der Waals surface area contributed by atoms with Crippen molar-refractivity contribution in [1.82, 2.24) is 4.90 Å². The molecule has 3 aromatic carbocycles. The maximum atomic E-state index is 12.7. The fourth-order valence-electron chi connectivity index (χ4n) is 5.37. The molecule has 1 saturated heterocycles. The second-order valence-corrected chi connectivity index (χ2v) is 10.5. The summed E-state index contributed by atoms with van der Waals surface area (Å²) in [5, 5.41) is 11.4. The van der Waals surface area contributed by atoms with E-state index >= 15 is 0 Å². The third-order valence-corrected chi connectivity index (χ3v) is 7.74. The number of ketones is 1. The predicted octanol–water partition coefficient (Wildman–Crippen LogP) is 2.23. The van der Waals surface area contributed by atoms with E-state index in [2.05, 4.69) is 65.6 Å². The number of likely N-dealkylation sites (tertiary alicyclic amines) is 1. The van der Waals surface area contributed by atoms with Crippen molar-refractivity contribution >= 4 is 11.8 Å².